The average molecular weight is 274 g/mol. The Morgan fingerprint density at radius 2 is 1.60 bits per heavy atom. The van der Waals surface area contributed by atoms with Crippen molar-refractivity contribution in [2.24, 2.45) is 0 Å². The van der Waals surface area contributed by atoms with Crippen LogP contribution in [-0.2, 0) is 6.61 Å². The van der Waals surface area contributed by atoms with Gasteiger partial charge >= 0.3 is 0 Å². The summed E-state index contributed by atoms with van der Waals surface area (Å²) >= 11 is 0. The van der Waals surface area contributed by atoms with E-state index in [0.717, 1.165) is 11.1 Å². The van der Waals surface area contributed by atoms with Crippen molar-refractivity contribution in [3.63, 3.8) is 0 Å². The third-order valence-electron chi connectivity index (χ3n) is 2.98. The van der Waals surface area contributed by atoms with Crippen molar-refractivity contribution in [1.82, 2.24) is 0 Å². The van der Waals surface area contributed by atoms with Crippen LogP contribution in [0.25, 0.3) is 0 Å². The number of ether oxygens (including phenoxy) is 3. The van der Waals surface area contributed by atoms with Crippen LogP contribution >= 0.6 is 0 Å². The van der Waals surface area contributed by atoms with Crippen LogP contribution in [0.15, 0.2) is 36.4 Å². The number of aliphatic hydroxyl groups is 1. The highest BCUT2D eigenvalue weighted by atomic mass is 16.5. The molecule has 0 saturated heterocycles. The van der Waals surface area contributed by atoms with Gasteiger partial charge in [-0.3, -0.25) is 0 Å². The molecule has 0 unspecified atom stereocenters. The van der Waals surface area contributed by atoms with Crippen molar-refractivity contribution in [1.29, 1.82) is 0 Å². The van der Waals surface area contributed by atoms with Gasteiger partial charge in [0.05, 0.1) is 20.8 Å². The summed E-state index contributed by atoms with van der Waals surface area (Å²) in [5.74, 6) is 2.24. The van der Waals surface area contributed by atoms with E-state index in [1.54, 1.807) is 26.4 Å². The largest absolute Gasteiger partial charge is 0.493 e. The van der Waals surface area contributed by atoms with Crippen LogP contribution in [-0.4, -0.2) is 19.3 Å². The summed E-state index contributed by atoms with van der Waals surface area (Å²) in [6.07, 6.45) is 0. The summed E-state index contributed by atoms with van der Waals surface area (Å²) in [5.41, 5.74) is 1.78. The van der Waals surface area contributed by atoms with Gasteiger partial charge in [0.15, 0.2) is 11.5 Å². The summed E-state index contributed by atoms with van der Waals surface area (Å²) in [7, 11) is 3.15. The number of hydrogen-bond donors (Lipinski definition) is 1. The summed E-state index contributed by atoms with van der Waals surface area (Å²) in [5, 5.41) is 9.43. The van der Waals surface area contributed by atoms with Crippen LogP contribution in [0.2, 0.25) is 0 Å². The van der Waals surface area contributed by atoms with Gasteiger partial charge in [0, 0.05) is 5.56 Å². The molecule has 0 aliphatic carbocycles. The third-order valence-corrected chi connectivity index (χ3v) is 2.98. The lowest BCUT2D eigenvalue weighted by Gasteiger charge is -2.15. The van der Waals surface area contributed by atoms with Crippen LogP contribution in [0.4, 0.5) is 0 Å². The van der Waals surface area contributed by atoms with Crippen LogP contribution in [0, 0.1) is 6.92 Å². The summed E-state index contributed by atoms with van der Waals surface area (Å²) in [4.78, 5) is 0. The Kier molecular flexibility index (Phi) is 4.48. The lowest BCUT2D eigenvalue weighted by molar-refractivity contribution is 0.274. The predicted octanol–water partition coefficient (Wildman–Crippen LogP) is 3.30. The fraction of sp³-hybridized carbons (Fsp3) is 0.250. The molecule has 0 spiro atoms. The fourth-order valence-electron chi connectivity index (χ4n) is 1.96. The second-order valence-electron chi connectivity index (χ2n) is 4.36. The highest BCUT2D eigenvalue weighted by molar-refractivity contribution is 5.54. The lowest BCUT2D eigenvalue weighted by Crippen LogP contribution is -1.97. The van der Waals surface area contributed by atoms with Gasteiger partial charge in [-0.25, -0.2) is 0 Å². The summed E-state index contributed by atoms with van der Waals surface area (Å²) in [6, 6.07) is 11.1. The van der Waals surface area contributed by atoms with Crippen LogP contribution in [0.5, 0.6) is 23.0 Å². The molecule has 2 aromatic rings. The lowest BCUT2D eigenvalue weighted by atomic mass is 10.1. The minimum Gasteiger partial charge on any atom is -0.493 e. The molecule has 0 heterocycles. The molecule has 0 aliphatic rings. The molecule has 1 N–H and O–H groups in total. The van der Waals surface area contributed by atoms with E-state index >= 15 is 0 Å². The number of aryl methyl sites for hydroxylation is 1. The molecule has 4 nitrogen and oxygen atoms in total. The average Bonchev–Trinajstić information content (AvgIpc) is 2.49. The first kappa shape index (κ1) is 14.2. The van der Waals surface area contributed by atoms with Gasteiger partial charge in [0.25, 0.3) is 0 Å². The monoisotopic (exact) mass is 274 g/mol. The van der Waals surface area contributed by atoms with E-state index in [0.29, 0.717) is 23.0 Å². The van der Waals surface area contributed by atoms with Gasteiger partial charge in [-0.15, -0.1) is 0 Å². The zero-order valence-corrected chi connectivity index (χ0v) is 11.8. The standard InChI is InChI=1S/C16H18O4/c1-11-7-8-13(12(9-11)10-17)20-16-14(18-2)5-4-6-15(16)19-3/h4-9,17H,10H2,1-3H3. The number of rotatable bonds is 5. The molecular formula is C16H18O4. The second kappa shape index (κ2) is 6.30. The zero-order valence-electron chi connectivity index (χ0n) is 11.8. The molecular weight excluding hydrogens is 256 g/mol. The molecule has 0 saturated carbocycles. The zero-order chi connectivity index (χ0) is 14.5. The van der Waals surface area contributed by atoms with Crippen molar-refractivity contribution in [3.8, 4) is 23.0 Å². The van der Waals surface area contributed by atoms with Crippen LogP contribution in [0.3, 0.4) is 0 Å². The molecule has 0 amide bonds. The normalized spacial score (nSPS) is 10.2. The minimum absolute atomic E-state index is 0.0888. The maximum absolute atomic E-state index is 9.43. The SMILES string of the molecule is COc1cccc(OC)c1Oc1ccc(C)cc1CO. The second-order valence-corrected chi connectivity index (χ2v) is 4.36. The first-order valence-corrected chi connectivity index (χ1v) is 6.28. The highest BCUT2D eigenvalue weighted by Gasteiger charge is 2.14. The minimum atomic E-state index is -0.0888. The van der Waals surface area contributed by atoms with Gasteiger partial charge in [0.2, 0.25) is 5.75 Å². The topological polar surface area (TPSA) is 47.9 Å². The third kappa shape index (κ3) is 2.86. The Morgan fingerprint density at radius 1 is 0.950 bits per heavy atom. The van der Waals surface area contributed by atoms with Crippen molar-refractivity contribution >= 4 is 0 Å². The van der Waals surface area contributed by atoms with E-state index in [4.69, 9.17) is 14.2 Å². The van der Waals surface area contributed by atoms with Crippen molar-refractivity contribution in [3.05, 3.63) is 47.5 Å². The van der Waals surface area contributed by atoms with E-state index in [1.165, 1.54) is 0 Å². The molecule has 4 heteroatoms. The molecule has 0 aliphatic heterocycles. The molecule has 0 bridgehead atoms. The predicted molar refractivity (Wildman–Crippen MR) is 76.7 cm³/mol. The highest BCUT2D eigenvalue weighted by Crippen LogP contribution is 2.40. The number of para-hydroxylation sites is 1. The van der Waals surface area contributed by atoms with Gasteiger partial charge in [-0.2, -0.15) is 0 Å². The first-order chi connectivity index (χ1) is 9.69. The van der Waals surface area contributed by atoms with E-state index in [2.05, 4.69) is 0 Å². The van der Waals surface area contributed by atoms with Gasteiger partial charge < -0.3 is 19.3 Å². The number of methoxy groups -OCH3 is 2. The Labute approximate surface area is 118 Å². The Bertz CT molecular complexity index is 571. The van der Waals surface area contributed by atoms with Gasteiger partial charge in [-0.1, -0.05) is 23.8 Å². The molecule has 0 aromatic heterocycles. The Hall–Kier alpha value is -2.20. The molecule has 0 fully saturated rings. The first-order valence-electron chi connectivity index (χ1n) is 6.28. The Morgan fingerprint density at radius 3 is 2.15 bits per heavy atom. The Balaban J connectivity index is 2.44. The molecule has 106 valence electrons. The number of aliphatic hydroxyl groups excluding tert-OH is 1. The molecule has 20 heavy (non-hydrogen) atoms. The molecule has 2 rings (SSSR count). The number of benzene rings is 2. The van der Waals surface area contributed by atoms with Crippen molar-refractivity contribution in [2.75, 3.05) is 14.2 Å². The fourth-order valence-corrected chi connectivity index (χ4v) is 1.96. The quantitative estimate of drug-likeness (QED) is 0.908. The smallest absolute Gasteiger partial charge is 0.211 e. The van der Waals surface area contributed by atoms with Crippen LogP contribution in [0.1, 0.15) is 11.1 Å². The van der Waals surface area contributed by atoms with E-state index in [-0.39, 0.29) is 6.61 Å². The summed E-state index contributed by atoms with van der Waals surface area (Å²) in [6.45, 7) is 1.88. The van der Waals surface area contributed by atoms with Gasteiger partial charge in [-0.05, 0) is 25.1 Å². The summed E-state index contributed by atoms with van der Waals surface area (Å²) < 4.78 is 16.5. The van der Waals surface area contributed by atoms with E-state index in [1.807, 2.05) is 31.2 Å². The van der Waals surface area contributed by atoms with E-state index < -0.39 is 0 Å². The number of hydrogen-bond acceptors (Lipinski definition) is 4. The molecule has 0 atom stereocenters. The van der Waals surface area contributed by atoms with Crippen molar-refractivity contribution < 1.29 is 19.3 Å². The maximum atomic E-state index is 9.43. The van der Waals surface area contributed by atoms with Crippen molar-refractivity contribution in [2.45, 2.75) is 13.5 Å². The van der Waals surface area contributed by atoms with Crippen LogP contribution < -0.4 is 14.2 Å². The maximum Gasteiger partial charge on any atom is 0.211 e. The molecule has 2 aromatic carbocycles. The van der Waals surface area contributed by atoms with Gasteiger partial charge in [0.1, 0.15) is 5.75 Å². The van der Waals surface area contributed by atoms with E-state index in [9.17, 15) is 5.11 Å². The molecule has 0 radical (unpaired) electrons.